The third kappa shape index (κ3) is 7.41. The van der Waals surface area contributed by atoms with Gasteiger partial charge < -0.3 is 10.2 Å². The molecule has 0 bridgehead atoms. The summed E-state index contributed by atoms with van der Waals surface area (Å²) in [6.45, 7) is 6.83. The van der Waals surface area contributed by atoms with E-state index >= 15 is 0 Å². The minimum Gasteiger partial charge on any atom is -0.355 e. The molecule has 156 valence electrons. The Hall–Kier alpha value is -1.98. The van der Waals surface area contributed by atoms with Gasteiger partial charge in [-0.3, -0.25) is 9.59 Å². The summed E-state index contributed by atoms with van der Waals surface area (Å²) in [6.07, 6.45) is 0.575. The number of amides is 2. The highest BCUT2D eigenvalue weighted by Gasteiger charge is 2.28. The minimum absolute atomic E-state index is 0.0245. The number of thioether (sulfide) groups is 1. The molecule has 0 unspecified atom stereocenters. The number of hydrogen-bond acceptors (Lipinski definition) is 3. The van der Waals surface area contributed by atoms with Crippen molar-refractivity contribution in [1.82, 2.24) is 10.2 Å². The van der Waals surface area contributed by atoms with E-state index in [0.29, 0.717) is 30.3 Å². The number of benzene rings is 2. The SMILES string of the molecule is CCNC(=O)[C@H](CC)N(Cc1cccc(C)c1)C(=O)CSCc1ccc(Cl)cc1. The lowest BCUT2D eigenvalue weighted by molar-refractivity contribution is -0.139. The zero-order chi connectivity index (χ0) is 21.2. The van der Waals surface area contributed by atoms with Crippen LogP contribution in [0.1, 0.15) is 37.0 Å². The van der Waals surface area contributed by atoms with Crippen molar-refractivity contribution in [3.8, 4) is 0 Å². The summed E-state index contributed by atoms with van der Waals surface area (Å²) in [5.74, 6) is 0.922. The van der Waals surface area contributed by atoms with Crippen molar-refractivity contribution in [3.05, 3.63) is 70.2 Å². The normalized spacial score (nSPS) is 11.7. The second-order valence-corrected chi connectivity index (χ2v) is 8.37. The highest BCUT2D eigenvalue weighted by molar-refractivity contribution is 7.99. The van der Waals surface area contributed by atoms with Gasteiger partial charge >= 0.3 is 0 Å². The number of hydrogen-bond donors (Lipinski definition) is 1. The van der Waals surface area contributed by atoms with E-state index in [9.17, 15) is 9.59 Å². The summed E-state index contributed by atoms with van der Waals surface area (Å²) in [5, 5.41) is 3.56. The van der Waals surface area contributed by atoms with Gasteiger partial charge in [-0.1, -0.05) is 60.5 Å². The van der Waals surface area contributed by atoms with Crippen molar-refractivity contribution in [2.75, 3.05) is 12.3 Å². The Bertz CT molecular complexity index is 811. The first-order valence-electron chi connectivity index (χ1n) is 9.89. The van der Waals surface area contributed by atoms with Crippen molar-refractivity contribution in [2.45, 2.75) is 45.5 Å². The summed E-state index contributed by atoms with van der Waals surface area (Å²) < 4.78 is 0. The fourth-order valence-electron chi connectivity index (χ4n) is 3.14. The molecule has 0 spiro atoms. The first kappa shape index (κ1) is 23.3. The standard InChI is InChI=1S/C23H29ClN2O2S/c1-4-21(23(28)25-5-2)26(14-19-8-6-7-17(3)13-19)22(27)16-29-15-18-9-11-20(24)12-10-18/h6-13,21H,4-5,14-16H2,1-3H3,(H,25,28)/t21-/m0/s1. The Labute approximate surface area is 183 Å². The Morgan fingerprint density at radius 1 is 1.10 bits per heavy atom. The molecule has 0 heterocycles. The van der Waals surface area contributed by atoms with E-state index in [1.54, 1.807) is 16.7 Å². The maximum atomic E-state index is 13.1. The van der Waals surface area contributed by atoms with Crippen LogP contribution in [0, 0.1) is 6.92 Å². The second kappa shape index (κ2) is 11.9. The molecule has 2 amide bonds. The van der Waals surface area contributed by atoms with Crippen molar-refractivity contribution >= 4 is 35.2 Å². The van der Waals surface area contributed by atoms with Crippen molar-refractivity contribution < 1.29 is 9.59 Å². The molecule has 0 aliphatic heterocycles. The Balaban J connectivity index is 2.10. The number of nitrogens with one attached hydrogen (secondary N) is 1. The van der Waals surface area contributed by atoms with Gasteiger partial charge in [0.05, 0.1) is 5.75 Å². The molecule has 29 heavy (non-hydrogen) atoms. The summed E-state index contributed by atoms with van der Waals surface area (Å²) in [5.41, 5.74) is 3.29. The molecule has 1 N–H and O–H groups in total. The van der Waals surface area contributed by atoms with Gasteiger partial charge in [0.2, 0.25) is 11.8 Å². The van der Waals surface area contributed by atoms with Crippen LogP contribution < -0.4 is 5.32 Å². The number of rotatable bonds is 10. The molecule has 0 radical (unpaired) electrons. The highest BCUT2D eigenvalue weighted by atomic mass is 35.5. The quantitative estimate of drug-likeness (QED) is 0.585. The Kier molecular flexibility index (Phi) is 9.55. The number of carbonyl (C=O) groups is 2. The van der Waals surface area contributed by atoms with Crippen molar-refractivity contribution in [1.29, 1.82) is 0 Å². The van der Waals surface area contributed by atoms with Crippen molar-refractivity contribution in [2.24, 2.45) is 0 Å². The van der Waals surface area contributed by atoms with Gasteiger partial charge in [-0.15, -0.1) is 11.8 Å². The van der Waals surface area contributed by atoms with E-state index in [4.69, 9.17) is 11.6 Å². The predicted molar refractivity (Wildman–Crippen MR) is 122 cm³/mol. The monoisotopic (exact) mass is 432 g/mol. The molecular weight excluding hydrogens is 404 g/mol. The first-order chi connectivity index (χ1) is 13.9. The average Bonchev–Trinajstić information content (AvgIpc) is 2.69. The van der Waals surface area contributed by atoms with Gasteiger partial charge in [0, 0.05) is 23.9 Å². The molecule has 0 aliphatic rings. The molecule has 2 aromatic carbocycles. The van der Waals surface area contributed by atoms with Gasteiger partial charge in [0.25, 0.3) is 0 Å². The van der Waals surface area contributed by atoms with Crippen LogP contribution in [-0.4, -0.2) is 35.1 Å². The van der Waals surface area contributed by atoms with Crippen molar-refractivity contribution in [3.63, 3.8) is 0 Å². The van der Waals surface area contributed by atoms with Crippen LogP contribution in [0.5, 0.6) is 0 Å². The van der Waals surface area contributed by atoms with Gasteiger partial charge in [-0.2, -0.15) is 0 Å². The highest BCUT2D eigenvalue weighted by Crippen LogP contribution is 2.19. The van der Waals surface area contributed by atoms with Gasteiger partial charge in [0.15, 0.2) is 0 Å². The minimum atomic E-state index is -0.473. The van der Waals surface area contributed by atoms with Crippen LogP contribution in [0.15, 0.2) is 48.5 Å². The lowest BCUT2D eigenvalue weighted by atomic mass is 10.1. The molecule has 2 rings (SSSR count). The molecule has 6 heteroatoms. The number of aryl methyl sites for hydroxylation is 1. The van der Waals surface area contributed by atoms with E-state index in [0.717, 1.165) is 22.4 Å². The van der Waals surface area contributed by atoms with Gasteiger partial charge in [-0.25, -0.2) is 0 Å². The fraction of sp³-hybridized carbons (Fsp3) is 0.391. The van der Waals surface area contributed by atoms with E-state index in [-0.39, 0.29) is 11.8 Å². The average molecular weight is 433 g/mol. The summed E-state index contributed by atoms with van der Waals surface area (Å²) in [4.78, 5) is 27.4. The topological polar surface area (TPSA) is 49.4 Å². The maximum Gasteiger partial charge on any atom is 0.242 e. The van der Waals surface area contributed by atoms with Crippen LogP contribution in [0.4, 0.5) is 0 Å². The van der Waals surface area contributed by atoms with E-state index in [2.05, 4.69) is 11.4 Å². The number of halogens is 1. The van der Waals surface area contributed by atoms with Crippen LogP contribution in [0.2, 0.25) is 5.02 Å². The number of likely N-dealkylation sites (N-methyl/N-ethyl adjacent to an activating group) is 1. The fourth-order valence-corrected chi connectivity index (χ4v) is 4.14. The van der Waals surface area contributed by atoms with Gasteiger partial charge in [0.1, 0.15) is 6.04 Å². The smallest absolute Gasteiger partial charge is 0.242 e. The number of nitrogens with zero attached hydrogens (tertiary/aromatic N) is 1. The van der Waals surface area contributed by atoms with E-state index in [1.165, 1.54) is 0 Å². The third-order valence-corrected chi connectivity index (χ3v) is 5.82. The molecule has 0 aliphatic carbocycles. The van der Waals surface area contributed by atoms with E-state index < -0.39 is 6.04 Å². The lowest BCUT2D eigenvalue weighted by Crippen LogP contribution is -2.49. The zero-order valence-electron chi connectivity index (χ0n) is 17.3. The molecule has 2 aromatic rings. The molecule has 0 aromatic heterocycles. The van der Waals surface area contributed by atoms with Crippen LogP contribution in [0.25, 0.3) is 0 Å². The van der Waals surface area contributed by atoms with Crippen LogP contribution >= 0.6 is 23.4 Å². The molecule has 0 saturated heterocycles. The predicted octanol–water partition coefficient (Wildman–Crippen LogP) is 4.83. The molecule has 0 saturated carbocycles. The Morgan fingerprint density at radius 2 is 1.83 bits per heavy atom. The zero-order valence-corrected chi connectivity index (χ0v) is 18.9. The third-order valence-electron chi connectivity index (χ3n) is 4.58. The summed E-state index contributed by atoms with van der Waals surface area (Å²) in [6, 6.07) is 15.2. The molecule has 1 atom stereocenters. The second-order valence-electron chi connectivity index (χ2n) is 6.95. The van der Waals surface area contributed by atoms with Crippen LogP contribution in [0.3, 0.4) is 0 Å². The lowest BCUT2D eigenvalue weighted by Gasteiger charge is -2.30. The molecular formula is C23H29ClN2O2S. The largest absolute Gasteiger partial charge is 0.355 e. The number of carbonyl (C=O) groups excluding carboxylic acids is 2. The maximum absolute atomic E-state index is 13.1. The molecule has 4 nitrogen and oxygen atoms in total. The van der Waals surface area contributed by atoms with E-state index in [1.807, 2.05) is 63.2 Å². The molecule has 0 fully saturated rings. The summed E-state index contributed by atoms with van der Waals surface area (Å²) in [7, 11) is 0. The summed E-state index contributed by atoms with van der Waals surface area (Å²) >= 11 is 7.48. The van der Waals surface area contributed by atoms with Gasteiger partial charge in [-0.05, 0) is 43.5 Å². The first-order valence-corrected chi connectivity index (χ1v) is 11.4. The Morgan fingerprint density at radius 3 is 2.45 bits per heavy atom. The van der Waals surface area contributed by atoms with Crippen LogP contribution in [-0.2, 0) is 21.9 Å².